The van der Waals surface area contributed by atoms with Gasteiger partial charge in [-0.3, -0.25) is 4.79 Å². The Morgan fingerprint density at radius 2 is 2.05 bits per heavy atom. The molecule has 0 unspecified atom stereocenters. The van der Waals surface area contributed by atoms with Crippen molar-refractivity contribution in [2.24, 2.45) is 0 Å². The van der Waals surface area contributed by atoms with Crippen molar-refractivity contribution in [3.63, 3.8) is 0 Å². The fraction of sp³-hybridized carbons (Fsp3) is 0.471. The van der Waals surface area contributed by atoms with Gasteiger partial charge in [0.1, 0.15) is 5.82 Å². The third-order valence-electron chi connectivity index (χ3n) is 3.84. The van der Waals surface area contributed by atoms with Gasteiger partial charge in [-0.1, -0.05) is 0 Å². The fourth-order valence-corrected chi connectivity index (χ4v) is 2.61. The quantitative estimate of drug-likeness (QED) is 0.854. The SMILES string of the molecule is CCN(CCCN(C)C)C(=O)Cc1c[nH]c2ccc(F)cc12. The van der Waals surface area contributed by atoms with Crippen molar-refractivity contribution < 1.29 is 9.18 Å². The van der Waals surface area contributed by atoms with Gasteiger partial charge in [-0.05, 0) is 57.7 Å². The minimum atomic E-state index is -0.279. The lowest BCUT2D eigenvalue weighted by Gasteiger charge is -2.21. The first-order chi connectivity index (χ1) is 10.5. The number of likely N-dealkylation sites (N-methyl/N-ethyl adjacent to an activating group) is 1. The number of halogens is 1. The van der Waals surface area contributed by atoms with Gasteiger partial charge < -0.3 is 14.8 Å². The monoisotopic (exact) mass is 305 g/mol. The molecule has 1 aromatic heterocycles. The number of aromatic amines is 1. The van der Waals surface area contributed by atoms with Gasteiger partial charge >= 0.3 is 0 Å². The number of carbonyl (C=O) groups is 1. The highest BCUT2D eigenvalue weighted by Crippen LogP contribution is 2.20. The van der Waals surface area contributed by atoms with Crippen molar-refractivity contribution >= 4 is 16.8 Å². The third-order valence-corrected chi connectivity index (χ3v) is 3.84. The van der Waals surface area contributed by atoms with Crippen molar-refractivity contribution in [3.05, 3.63) is 35.8 Å². The summed E-state index contributed by atoms with van der Waals surface area (Å²) in [6.45, 7) is 4.40. The molecule has 0 radical (unpaired) electrons. The molecule has 0 saturated heterocycles. The van der Waals surface area contributed by atoms with Gasteiger partial charge in [-0.25, -0.2) is 4.39 Å². The molecule has 0 spiro atoms. The second-order valence-corrected chi connectivity index (χ2v) is 5.81. The molecule has 4 nitrogen and oxygen atoms in total. The normalized spacial score (nSPS) is 11.3. The fourth-order valence-electron chi connectivity index (χ4n) is 2.61. The number of aromatic nitrogens is 1. The number of carbonyl (C=O) groups excluding carboxylic acids is 1. The van der Waals surface area contributed by atoms with E-state index in [0.29, 0.717) is 13.0 Å². The van der Waals surface area contributed by atoms with Crippen molar-refractivity contribution in [1.82, 2.24) is 14.8 Å². The van der Waals surface area contributed by atoms with E-state index in [2.05, 4.69) is 9.88 Å². The second-order valence-electron chi connectivity index (χ2n) is 5.81. The molecule has 1 amide bonds. The molecule has 120 valence electrons. The first-order valence-corrected chi connectivity index (χ1v) is 7.69. The minimum absolute atomic E-state index is 0.0893. The van der Waals surface area contributed by atoms with Crippen LogP contribution in [0.1, 0.15) is 18.9 Å². The summed E-state index contributed by atoms with van der Waals surface area (Å²) >= 11 is 0. The van der Waals surface area contributed by atoms with Gasteiger partial charge in [0.25, 0.3) is 0 Å². The summed E-state index contributed by atoms with van der Waals surface area (Å²) in [4.78, 5) is 19.5. The summed E-state index contributed by atoms with van der Waals surface area (Å²) in [5.74, 6) is -0.189. The van der Waals surface area contributed by atoms with Crippen molar-refractivity contribution in [2.45, 2.75) is 19.8 Å². The maximum absolute atomic E-state index is 13.4. The van der Waals surface area contributed by atoms with Crippen molar-refractivity contribution in [2.75, 3.05) is 33.7 Å². The molecule has 0 aliphatic carbocycles. The van der Waals surface area contributed by atoms with E-state index in [0.717, 1.165) is 36.0 Å². The number of nitrogens with zero attached hydrogens (tertiary/aromatic N) is 2. The first-order valence-electron chi connectivity index (χ1n) is 7.69. The summed E-state index contributed by atoms with van der Waals surface area (Å²) in [5.41, 5.74) is 1.71. The summed E-state index contributed by atoms with van der Waals surface area (Å²) < 4.78 is 13.4. The van der Waals surface area contributed by atoms with Crippen LogP contribution >= 0.6 is 0 Å². The van der Waals surface area contributed by atoms with E-state index in [9.17, 15) is 9.18 Å². The Kier molecular flexibility index (Phi) is 5.55. The Morgan fingerprint density at radius 3 is 2.73 bits per heavy atom. The number of hydrogen-bond acceptors (Lipinski definition) is 2. The minimum Gasteiger partial charge on any atom is -0.361 e. The van der Waals surface area contributed by atoms with E-state index in [1.54, 1.807) is 12.3 Å². The molecule has 0 fully saturated rings. The smallest absolute Gasteiger partial charge is 0.227 e. The van der Waals surface area contributed by atoms with Crippen LogP contribution in [0.25, 0.3) is 10.9 Å². The maximum atomic E-state index is 13.4. The van der Waals surface area contributed by atoms with Crippen molar-refractivity contribution in [1.29, 1.82) is 0 Å². The van der Waals surface area contributed by atoms with Gasteiger partial charge in [0.2, 0.25) is 5.91 Å². The van der Waals surface area contributed by atoms with E-state index in [-0.39, 0.29) is 11.7 Å². The van der Waals surface area contributed by atoms with Gasteiger partial charge in [0, 0.05) is 30.2 Å². The van der Waals surface area contributed by atoms with Crippen LogP contribution in [0.3, 0.4) is 0 Å². The number of rotatable bonds is 7. The zero-order valence-corrected chi connectivity index (χ0v) is 13.5. The van der Waals surface area contributed by atoms with Crippen LogP contribution in [0.5, 0.6) is 0 Å². The number of hydrogen-bond donors (Lipinski definition) is 1. The number of H-pyrrole nitrogens is 1. The molecule has 0 saturated carbocycles. The zero-order chi connectivity index (χ0) is 16.1. The first kappa shape index (κ1) is 16.5. The summed E-state index contributed by atoms with van der Waals surface area (Å²) in [6.07, 6.45) is 3.06. The lowest BCUT2D eigenvalue weighted by atomic mass is 10.1. The molecule has 0 atom stereocenters. The van der Waals surface area contributed by atoms with E-state index < -0.39 is 0 Å². The summed E-state index contributed by atoms with van der Waals surface area (Å²) in [5, 5.41) is 0.790. The number of nitrogens with one attached hydrogen (secondary N) is 1. The second kappa shape index (κ2) is 7.40. The van der Waals surface area contributed by atoms with E-state index in [4.69, 9.17) is 0 Å². The lowest BCUT2D eigenvalue weighted by Crippen LogP contribution is -2.34. The molecular formula is C17H24FN3O. The Bertz CT molecular complexity index is 636. The molecule has 0 bridgehead atoms. The lowest BCUT2D eigenvalue weighted by molar-refractivity contribution is -0.130. The molecule has 22 heavy (non-hydrogen) atoms. The van der Waals surface area contributed by atoms with Gasteiger partial charge in [0.05, 0.1) is 6.42 Å². The molecule has 2 rings (SSSR count). The van der Waals surface area contributed by atoms with Crippen LogP contribution in [0.4, 0.5) is 4.39 Å². The van der Waals surface area contributed by atoms with E-state index in [1.165, 1.54) is 12.1 Å². The molecule has 0 aliphatic heterocycles. The highest BCUT2D eigenvalue weighted by atomic mass is 19.1. The number of fused-ring (bicyclic) bond motifs is 1. The van der Waals surface area contributed by atoms with Gasteiger partial charge in [-0.2, -0.15) is 0 Å². The topological polar surface area (TPSA) is 39.3 Å². The molecule has 5 heteroatoms. The highest BCUT2D eigenvalue weighted by Gasteiger charge is 2.15. The van der Waals surface area contributed by atoms with Crippen LogP contribution in [-0.2, 0) is 11.2 Å². The molecule has 0 aliphatic rings. The van der Waals surface area contributed by atoms with Crippen LogP contribution in [0.15, 0.2) is 24.4 Å². The number of benzene rings is 1. The standard InChI is InChI=1S/C17H24FN3O/c1-4-21(9-5-8-20(2)3)17(22)10-13-12-19-16-7-6-14(18)11-15(13)16/h6-7,11-12,19H,4-5,8-10H2,1-3H3. The Balaban J connectivity index is 2.03. The average molecular weight is 305 g/mol. The Morgan fingerprint density at radius 1 is 1.27 bits per heavy atom. The molecule has 1 aromatic carbocycles. The van der Waals surface area contributed by atoms with Crippen molar-refractivity contribution in [3.8, 4) is 0 Å². The third kappa shape index (κ3) is 4.07. The molecular weight excluding hydrogens is 281 g/mol. The molecule has 1 heterocycles. The highest BCUT2D eigenvalue weighted by molar-refractivity contribution is 5.88. The van der Waals surface area contributed by atoms with E-state index >= 15 is 0 Å². The molecule has 1 N–H and O–H groups in total. The predicted molar refractivity (Wildman–Crippen MR) is 87.4 cm³/mol. The largest absolute Gasteiger partial charge is 0.361 e. The summed E-state index contributed by atoms with van der Waals surface area (Å²) in [6, 6.07) is 4.61. The predicted octanol–water partition coefficient (Wildman–Crippen LogP) is 2.65. The zero-order valence-electron chi connectivity index (χ0n) is 13.5. The van der Waals surface area contributed by atoms with Crippen LogP contribution in [0.2, 0.25) is 0 Å². The number of amides is 1. The Hall–Kier alpha value is -1.88. The van der Waals surface area contributed by atoms with E-state index in [1.807, 2.05) is 25.9 Å². The molecule has 2 aromatic rings. The van der Waals surface area contributed by atoms with Crippen LogP contribution in [-0.4, -0.2) is 54.4 Å². The van der Waals surface area contributed by atoms with Crippen LogP contribution in [0, 0.1) is 5.82 Å². The maximum Gasteiger partial charge on any atom is 0.227 e. The van der Waals surface area contributed by atoms with Crippen LogP contribution < -0.4 is 0 Å². The Labute approximate surface area is 130 Å². The summed E-state index contributed by atoms with van der Waals surface area (Å²) in [7, 11) is 4.05. The van der Waals surface area contributed by atoms with Gasteiger partial charge in [0.15, 0.2) is 0 Å². The average Bonchev–Trinajstić information content (AvgIpc) is 2.85. The van der Waals surface area contributed by atoms with Gasteiger partial charge in [-0.15, -0.1) is 0 Å².